The normalized spacial score (nSPS) is 17.2. The standard InChI is InChI=1S/C16H13ClN2O4S/c1-23-14-6-5-11(8-13(14)17)18-15(20)9-24-16(18)10-3-2-4-12(7-10)19(21)22/h2-8,16H,9H2,1H3/t16-/m0/s1. The molecule has 0 radical (unpaired) electrons. The van der Waals surface area contributed by atoms with Crippen LogP contribution in [0.5, 0.6) is 5.75 Å². The molecule has 0 saturated carbocycles. The monoisotopic (exact) mass is 364 g/mol. The minimum atomic E-state index is -0.445. The summed E-state index contributed by atoms with van der Waals surface area (Å²) in [7, 11) is 1.52. The number of anilines is 1. The van der Waals surface area contributed by atoms with E-state index in [4.69, 9.17) is 16.3 Å². The topological polar surface area (TPSA) is 72.7 Å². The number of methoxy groups -OCH3 is 1. The fraction of sp³-hybridized carbons (Fsp3) is 0.188. The molecule has 1 atom stereocenters. The Morgan fingerprint density at radius 2 is 2.12 bits per heavy atom. The second kappa shape index (κ2) is 6.70. The summed E-state index contributed by atoms with van der Waals surface area (Å²) in [6.07, 6.45) is 0. The molecular formula is C16H13ClN2O4S. The summed E-state index contributed by atoms with van der Waals surface area (Å²) in [5, 5.41) is 11.1. The Balaban J connectivity index is 1.99. The Labute approximate surface area is 147 Å². The predicted octanol–water partition coefficient (Wildman–Crippen LogP) is 4.04. The zero-order chi connectivity index (χ0) is 17.3. The van der Waals surface area contributed by atoms with Gasteiger partial charge in [0.15, 0.2) is 0 Å². The number of nitrogens with zero attached hydrogens (tertiary/aromatic N) is 2. The molecule has 8 heteroatoms. The Kier molecular flexibility index (Phi) is 4.64. The van der Waals surface area contributed by atoms with Gasteiger partial charge < -0.3 is 4.74 Å². The van der Waals surface area contributed by atoms with E-state index in [1.807, 2.05) is 0 Å². The number of carbonyl (C=O) groups excluding carboxylic acids is 1. The maximum Gasteiger partial charge on any atom is 0.269 e. The lowest BCUT2D eigenvalue weighted by Crippen LogP contribution is -2.27. The largest absolute Gasteiger partial charge is 0.495 e. The molecule has 124 valence electrons. The van der Waals surface area contributed by atoms with Gasteiger partial charge in [0.1, 0.15) is 11.1 Å². The van der Waals surface area contributed by atoms with E-state index >= 15 is 0 Å². The molecule has 6 nitrogen and oxygen atoms in total. The summed E-state index contributed by atoms with van der Waals surface area (Å²) in [5.41, 5.74) is 1.33. The fourth-order valence-corrected chi connectivity index (χ4v) is 3.97. The summed E-state index contributed by atoms with van der Waals surface area (Å²) >= 11 is 7.58. The van der Waals surface area contributed by atoms with Crippen molar-refractivity contribution in [3.63, 3.8) is 0 Å². The van der Waals surface area contributed by atoms with Gasteiger partial charge in [0.25, 0.3) is 5.69 Å². The van der Waals surface area contributed by atoms with Gasteiger partial charge in [0, 0.05) is 17.8 Å². The molecule has 0 aliphatic carbocycles. The molecular weight excluding hydrogens is 352 g/mol. The van der Waals surface area contributed by atoms with Crippen LogP contribution >= 0.6 is 23.4 Å². The molecule has 24 heavy (non-hydrogen) atoms. The van der Waals surface area contributed by atoms with Crippen LogP contribution < -0.4 is 9.64 Å². The van der Waals surface area contributed by atoms with E-state index in [2.05, 4.69) is 0 Å². The smallest absolute Gasteiger partial charge is 0.269 e. The number of carbonyl (C=O) groups is 1. The van der Waals surface area contributed by atoms with E-state index in [1.165, 1.54) is 31.0 Å². The van der Waals surface area contributed by atoms with Gasteiger partial charge in [-0.15, -0.1) is 11.8 Å². The highest BCUT2D eigenvalue weighted by Crippen LogP contribution is 2.43. The second-order valence-electron chi connectivity index (χ2n) is 5.10. The van der Waals surface area contributed by atoms with Crippen LogP contribution in [-0.4, -0.2) is 23.7 Å². The van der Waals surface area contributed by atoms with Crippen LogP contribution in [0.15, 0.2) is 42.5 Å². The highest BCUT2D eigenvalue weighted by atomic mass is 35.5. The summed E-state index contributed by atoms with van der Waals surface area (Å²) < 4.78 is 5.13. The number of benzene rings is 2. The van der Waals surface area contributed by atoms with Crippen molar-refractivity contribution in [2.75, 3.05) is 17.8 Å². The highest BCUT2D eigenvalue weighted by Gasteiger charge is 2.35. The maximum absolute atomic E-state index is 12.3. The minimum absolute atomic E-state index is 0.000150. The van der Waals surface area contributed by atoms with Crippen LogP contribution in [0.2, 0.25) is 5.02 Å². The molecule has 1 fully saturated rings. The number of halogens is 1. The number of nitro groups is 1. The number of non-ortho nitro benzene ring substituents is 1. The molecule has 1 saturated heterocycles. The van der Waals surface area contributed by atoms with Crippen LogP contribution in [0.1, 0.15) is 10.9 Å². The van der Waals surface area contributed by atoms with E-state index in [1.54, 1.807) is 35.2 Å². The van der Waals surface area contributed by atoms with Gasteiger partial charge in [-0.2, -0.15) is 0 Å². The van der Waals surface area contributed by atoms with Crippen molar-refractivity contribution < 1.29 is 14.5 Å². The van der Waals surface area contributed by atoms with Crippen molar-refractivity contribution in [3.8, 4) is 5.75 Å². The highest BCUT2D eigenvalue weighted by molar-refractivity contribution is 8.00. The number of nitro benzene ring substituents is 1. The van der Waals surface area contributed by atoms with Gasteiger partial charge in [0.05, 0.1) is 22.8 Å². The summed E-state index contributed by atoms with van der Waals surface area (Å²) in [6, 6.07) is 11.4. The maximum atomic E-state index is 12.3. The number of ether oxygens (including phenoxy) is 1. The SMILES string of the molecule is COc1ccc(N2C(=O)CS[C@H]2c2cccc([N+](=O)[O-])c2)cc1Cl. The first-order valence-electron chi connectivity index (χ1n) is 7.03. The van der Waals surface area contributed by atoms with Crippen molar-refractivity contribution in [2.24, 2.45) is 0 Å². The van der Waals surface area contributed by atoms with Gasteiger partial charge in [-0.05, 0) is 23.8 Å². The number of amides is 1. The van der Waals surface area contributed by atoms with Crippen molar-refractivity contribution in [2.45, 2.75) is 5.37 Å². The van der Waals surface area contributed by atoms with E-state index in [0.717, 1.165) is 0 Å². The quantitative estimate of drug-likeness (QED) is 0.604. The van der Waals surface area contributed by atoms with Crippen molar-refractivity contribution in [1.29, 1.82) is 0 Å². The third-order valence-corrected chi connectivity index (χ3v) is 5.16. The second-order valence-corrected chi connectivity index (χ2v) is 6.57. The lowest BCUT2D eigenvalue weighted by Gasteiger charge is -2.24. The zero-order valence-corrected chi connectivity index (χ0v) is 14.2. The molecule has 1 aliphatic heterocycles. The van der Waals surface area contributed by atoms with E-state index < -0.39 is 4.92 Å². The van der Waals surface area contributed by atoms with Gasteiger partial charge in [-0.3, -0.25) is 19.8 Å². The average Bonchev–Trinajstić information content (AvgIpc) is 2.96. The van der Waals surface area contributed by atoms with E-state index in [9.17, 15) is 14.9 Å². The number of rotatable bonds is 4. The van der Waals surface area contributed by atoms with Crippen molar-refractivity contribution in [3.05, 3.63) is 63.2 Å². The molecule has 1 heterocycles. The van der Waals surface area contributed by atoms with Crippen LogP contribution in [-0.2, 0) is 4.79 Å². The third kappa shape index (κ3) is 3.05. The predicted molar refractivity (Wildman–Crippen MR) is 93.8 cm³/mol. The lowest BCUT2D eigenvalue weighted by molar-refractivity contribution is -0.384. The Morgan fingerprint density at radius 3 is 2.79 bits per heavy atom. The Bertz CT molecular complexity index is 814. The molecule has 0 aromatic heterocycles. The Hall–Kier alpha value is -2.25. The molecule has 2 aromatic carbocycles. The molecule has 0 unspecified atom stereocenters. The minimum Gasteiger partial charge on any atom is -0.495 e. The molecule has 2 aromatic rings. The van der Waals surface area contributed by atoms with Crippen LogP contribution in [0.25, 0.3) is 0 Å². The van der Waals surface area contributed by atoms with E-state index in [-0.39, 0.29) is 17.0 Å². The molecule has 1 aliphatic rings. The summed E-state index contributed by atoms with van der Waals surface area (Å²) in [4.78, 5) is 24.5. The average molecular weight is 365 g/mol. The van der Waals surface area contributed by atoms with Crippen molar-refractivity contribution >= 4 is 40.6 Å². The third-order valence-electron chi connectivity index (χ3n) is 3.65. The molecule has 0 bridgehead atoms. The molecule has 0 N–H and O–H groups in total. The van der Waals surface area contributed by atoms with Gasteiger partial charge >= 0.3 is 0 Å². The number of hydrogen-bond donors (Lipinski definition) is 0. The lowest BCUT2D eigenvalue weighted by atomic mass is 10.1. The first-order valence-corrected chi connectivity index (χ1v) is 8.45. The Morgan fingerprint density at radius 1 is 1.33 bits per heavy atom. The van der Waals surface area contributed by atoms with Gasteiger partial charge in [0.2, 0.25) is 5.91 Å². The van der Waals surface area contributed by atoms with Gasteiger partial charge in [-0.25, -0.2) is 0 Å². The first kappa shape index (κ1) is 16.6. The van der Waals surface area contributed by atoms with E-state index in [0.29, 0.717) is 27.8 Å². The fourth-order valence-electron chi connectivity index (χ4n) is 2.55. The van der Waals surface area contributed by atoms with Crippen LogP contribution in [0.3, 0.4) is 0 Å². The van der Waals surface area contributed by atoms with Crippen LogP contribution in [0.4, 0.5) is 11.4 Å². The number of hydrogen-bond acceptors (Lipinski definition) is 5. The first-order chi connectivity index (χ1) is 11.5. The van der Waals surface area contributed by atoms with Crippen LogP contribution in [0, 0.1) is 10.1 Å². The van der Waals surface area contributed by atoms with Gasteiger partial charge in [-0.1, -0.05) is 23.7 Å². The van der Waals surface area contributed by atoms with Crippen molar-refractivity contribution in [1.82, 2.24) is 0 Å². The zero-order valence-electron chi connectivity index (χ0n) is 12.6. The molecule has 0 spiro atoms. The summed E-state index contributed by atoms with van der Waals surface area (Å²) in [6.45, 7) is 0. The summed E-state index contributed by atoms with van der Waals surface area (Å²) in [5.74, 6) is 0.751. The molecule has 3 rings (SSSR count). The number of thioether (sulfide) groups is 1. The molecule has 1 amide bonds.